The molecular weight excluding hydrogens is 710 g/mol. The van der Waals surface area contributed by atoms with Gasteiger partial charge in [-0.1, -0.05) is 17.4 Å². The molecule has 0 amide bonds. The highest BCUT2D eigenvalue weighted by Gasteiger charge is 2.34. The number of benzene rings is 2. The zero-order chi connectivity index (χ0) is 26.1. The molecule has 2 heterocycles. The van der Waals surface area contributed by atoms with E-state index in [2.05, 4.69) is 50.2 Å². The number of carbonyl (C=O) groups is 1. The Labute approximate surface area is 238 Å². The highest BCUT2D eigenvalue weighted by atomic mass is 127. The first-order valence-electron chi connectivity index (χ1n) is 10.8. The van der Waals surface area contributed by atoms with Crippen LogP contribution in [0.5, 0.6) is 17.2 Å². The van der Waals surface area contributed by atoms with E-state index in [0.717, 1.165) is 3.57 Å². The molecule has 0 fully saturated rings. The van der Waals surface area contributed by atoms with Gasteiger partial charge in [-0.15, -0.1) is 0 Å². The molecule has 0 aliphatic carbocycles. The van der Waals surface area contributed by atoms with E-state index in [4.69, 9.17) is 14.2 Å². The number of aromatic nitrogens is 1. The van der Waals surface area contributed by atoms with Gasteiger partial charge in [0.15, 0.2) is 16.3 Å². The summed E-state index contributed by atoms with van der Waals surface area (Å²) in [6.07, 6.45) is 1.65. The quantitative estimate of drug-likeness (QED) is 0.307. The van der Waals surface area contributed by atoms with E-state index in [-0.39, 0.29) is 23.5 Å². The van der Waals surface area contributed by atoms with Crippen molar-refractivity contribution in [3.8, 4) is 17.2 Å². The van der Waals surface area contributed by atoms with Gasteiger partial charge in [0.05, 0.1) is 46.2 Å². The van der Waals surface area contributed by atoms with Crippen molar-refractivity contribution in [1.29, 1.82) is 0 Å². The molecule has 3 aromatic rings. The Kier molecular flexibility index (Phi) is 8.09. The van der Waals surface area contributed by atoms with E-state index >= 15 is 0 Å². The second-order valence-electron chi connectivity index (χ2n) is 7.74. The van der Waals surface area contributed by atoms with Crippen LogP contribution in [0.1, 0.15) is 31.0 Å². The number of nitrogens with zero attached hydrogens (tertiary/aromatic N) is 2. The molecule has 0 spiro atoms. The van der Waals surface area contributed by atoms with E-state index in [1.807, 2.05) is 6.07 Å². The summed E-state index contributed by atoms with van der Waals surface area (Å²) in [4.78, 5) is 31.8. The standard InChI is InChI=1S/C25H22I2N2O6S/c1-5-35-24(32)20-12(2)28-25-29(21(20)13-6-7-17(33-3)18(9-13)34-4)23(31)19(36-25)10-14-8-15(26)11-16(27)22(14)30/h6-11,21,30H,5H2,1-4H3/t21-/m1/s1. The molecular formula is C25H22I2N2O6S. The number of fused-ring (bicyclic) bond motifs is 1. The number of aromatic hydroxyl groups is 1. The fourth-order valence-corrected chi connectivity index (χ4v) is 6.89. The van der Waals surface area contributed by atoms with Crippen LogP contribution in [0.25, 0.3) is 6.08 Å². The fourth-order valence-electron chi connectivity index (χ4n) is 3.97. The first-order chi connectivity index (χ1) is 17.2. The van der Waals surface area contributed by atoms with Gasteiger partial charge in [-0.3, -0.25) is 9.36 Å². The number of halogens is 2. The maximum atomic E-state index is 13.8. The molecule has 11 heteroatoms. The number of ether oxygens (including phenoxy) is 3. The van der Waals surface area contributed by atoms with E-state index in [1.165, 1.54) is 30.1 Å². The Morgan fingerprint density at radius 2 is 1.92 bits per heavy atom. The van der Waals surface area contributed by atoms with Crippen molar-refractivity contribution >= 4 is 68.6 Å². The van der Waals surface area contributed by atoms with Crippen molar-refractivity contribution in [2.45, 2.75) is 19.9 Å². The average molecular weight is 732 g/mol. The number of hydrogen-bond donors (Lipinski definition) is 1. The SMILES string of the molecule is CCOC(=O)C1=C(C)N=c2sc(=Cc3cc(I)cc(I)c3O)c(=O)n2[C@@H]1c1ccc(OC)c(OC)c1. The number of carbonyl (C=O) groups excluding carboxylic acids is 1. The molecule has 36 heavy (non-hydrogen) atoms. The Bertz CT molecular complexity index is 1570. The van der Waals surface area contributed by atoms with Crippen LogP contribution in [-0.2, 0) is 9.53 Å². The fraction of sp³-hybridized carbons (Fsp3) is 0.240. The Balaban J connectivity index is 2.00. The van der Waals surface area contributed by atoms with Crippen molar-refractivity contribution < 1.29 is 24.1 Å². The van der Waals surface area contributed by atoms with E-state index < -0.39 is 12.0 Å². The van der Waals surface area contributed by atoms with Gasteiger partial charge in [0.2, 0.25) is 0 Å². The summed E-state index contributed by atoms with van der Waals surface area (Å²) in [5, 5.41) is 10.6. The summed E-state index contributed by atoms with van der Waals surface area (Å²) in [6.45, 7) is 3.64. The summed E-state index contributed by atoms with van der Waals surface area (Å²) in [6, 6.07) is 8.13. The molecule has 8 nitrogen and oxygen atoms in total. The van der Waals surface area contributed by atoms with E-state index in [0.29, 0.717) is 41.2 Å². The predicted octanol–water partition coefficient (Wildman–Crippen LogP) is 3.73. The number of thiazole rings is 1. The molecule has 0 radical (unpaired) electrons. The third-order valence-electron chi connectivity index (χ3n) is 5.58. The van der Waals surface area contributed by atoms with Gasteiger partial charge < -0.3 is 19.3 Å². The number of hydrogen-bond acceptors (Lipinski definition) is 8. The summed E-state index contributed by atoms with van der Waals surface area (Å²) in [7, 11) is 3.06. The Hall–Kier alpha value is -2.39. The summed E-state index contributed by atoms with van der Waals surface area (Å²) in [5.74, 6) is 0.545. The highest BCUT2D eigenvalue weighted by Crippen LogP contribution is 2.36. The molecule has 1 N–H and O–H groups in total. The molecule has 1 aromatic heterocycles. The minimum absolute atomic E-state index is 0.0988. The third-order valence-corrected chi connectivity index (χ3v) is 8.01. The molecule has 0 bridgehead atoms. The average Bonchev–Trinajstić information content (AvgIpc) is 3.15. The molecule has 188 valence electrons. The van der Waals surface area contributed by atoms with Crippen molar-refractivity contribution in [1.82, 2.24) is 4.57 Å². The van der Waals surface area contributed by atoms with Crippen LogP contribution in [0.2, 0.25) is 0 Å². The summed E-state index contributed by atoms with van der Waals surface area (Å²) >= 11 is 5.41. The van der Waals surface area contributed by atoms with Crippen LogP contribution >= 0.6 is 56.5 Å². The minimum atomic E-state index is -0.785. The minimum Gasteiger partial charge on any atom is -0.506 e. The second-order valence-corrected chi connectivity index (χ2v) is 11.2. The van der Waals surface area contributed by atoms with Crippen LogP contribution in [0.15, 0.2) is 51.4 Å². The van der Waals surface area contributed by atoms with Crippen LogP contribution in [-0.4, -0.2) is 36.5 Å². The van der Waals surface area contributed by atoms with Crippen LogP contribution < -0.4 is 24.4 Å². The van der Waals surface area contributed by atoms with Gasteiger partial charge in [0, 0.05) is 9.13 Å². The smallest absolute Gasteiger partial charge is 0.338 e. The largest absolute Gasteiger partial charge is 0.506 e. The molecule has 0 unspecified atom stereocenters. The number of rotatable bonds is 6. The first-order valence-corrected chi connectivity index (χ1v) is 13.8. The van der Waals surface area contributed by atoms with Crippen molar-refractivity contribution in [3.05, 3.63) is 79.6 Å². The van der Waals surface area contributed by atoms with Crippen molar-refractivity contribution in [3.63, 3.8) is 0 Å². The molecule has 0 saturated carbocycles. The van der Waals surface area contributed by atoms with Crippen LogP contribution in [0.3, 0.4) is 0 Å². The molecule has 2 aromatic carbocycles. The Morgan fingerprint density at radius 3 is 2.58 bits per heavy atom. The lowest BCUT2D eigenvalue weighted by Gasteiger charge is -2.25. The lowest BCUT2D eigenvalue weighted by Crippen LogP contribution is -2.40. The van der Waals surface area contributed by atoms with Gasteiger partial charge in [-0.25, -0.2) is 9.79 Å². The summed E-state index contributed by atoms with van der Waals surface area (Å²) < 4.78 is 19.7. The van der Waals surface area contributed by atoms with Gasteiger partial charge in [0.1, 0.15) is 5.75 Å². The molecule has 0 saturated heterocycles. The zero-order valence-electron chi connectivity index (χ0n) is 19.8. The second kappa shape index (κ2) is 10.9. The maximum Gasteiger partial charge on any atom is 0.338 e. The third kappa shape index (κ3) is 4.92. The number of allylic oxidation sites excluding steroid dienone is 1. The number of esters is 1. The van der Waals surface area contributed by atoms with Gasteiger partial charge >= 0.3 is 5.97 Å². The number of phenols is 1. The van der Waals surface area contributed by atoms with Gasteiger partial charge in [-0.05, 0) is 94.9 Å². The topological polar surface area (TPSA) is 99.4 Å². The monoisotopic (exact) mass is 732 g/mol. The number of phenolic OH excluding ortho intramolecular Hbond substituents is 1. The summed E-state index contributed by atoms with van der Waals surface area (Å²) in [5.41, 5.74) is 1.58. The van der Waals surface area contributed by atoms with Crippen molar-refractivity contribution in [2.75, 3.05) is 20.8 Å². The molecule has 4 rings (SSSR count). The zero-order valence-corrected chi connectivity index (χ0v) is 24.9. The highest BCUT2D eigenvalue weighted by molar-refractivity contribution is 14.1. The predicted molar refractivity (Wildman–Crippen MR) is 153 cm³/mol. The van der Waals surface area contributed by atoms with Gasteiger partial charge in [0.25, 0.3) is 5.56 Å². The first kappa shape index (κ1) is 26.7. The lowest BCUT2D eigenvalue weighted by molar-refractivity contribution is -0.139. The van der Waals surface area contributed by atoms with Crippen LogP contribution in [0, 0.1) is 7.14 Å². The lowest BCUT2D eigenvalue weighted by atomic mass is 9.95. The normalized spacial score (nSPS) is 15.4. The number of methoxy groups -OCH3 is 2. The van der Waals surface area contributed by atoms with E-state index in [9.17, 15) is 14.7 Å². The van der Waals surface area contributed by atoms with Crippen LogP contribution in [0.4, 0.5) is 0 Å². The Morgan fingerprint density at radius 1 is 1.19 bits per heavy atom. The molecule has 1 aliphatic heterocycles. The molecule has 1 aliphatic rings. The van der Waals surface area contributed by atoms with Gasteiger partial charge in [-0.2, -0.15) is 0 Å². The molecule has 1 atom stereocenters. The van der Waals surface area contributed by atoms with E-state index in [1.54, 1.807) is 44.2 Å². The maximum absolute atomic E-state index is 13.8. The van der Waals surface area contributed by atoms with Crippen molar-refractivity contribution in [2.24, 2.45) is 4.99 Å².